The van der Waals surface area contributed by atoms with Crippen LogP contribution in [0, 0.1) is 5.92 Å². The summed E-state index contributed by atoms with van der Waals surface area (Å²) in [4.78, 5) is 3.51. The minimum absolute atomic E-state index is 0.0144. The molecular weight excluding hydrogens is 406 g/mol. The van der Waals surface area contributed by atoms with Crippen LogP contribution in [0.3, 0.4) is 0 Å². The first-order chi connectivity index (χ1) is 15.1. The molecular formula is C26H37NO3S. The van der Waals surface area contributed by atoms with Crippen LogP contribution < -0.4 is 9.47 Å². The highest BCUT2D eigenvalue weighted by atomic mass is 32.2. The maximum absolute atomic E-state index is 9.79. The largest absolute Gasteiger partial charge is 0.508 e. The Labute approximate surface area is 191 Å². The molecule has 31 heavy (non-hydrogen) atoms. The lowest BCUT2D eigenvalue weighted by Crippen LogP contribution is -2.33. The maximum Gasteiger partial charge on any atom is 0.136 e. The van der Waals surface area contributed by atoms with Crippen molar-refractivity contribution in [3.63, 3.8) is 0 Å². The van der Waals surface area contributed by atoms with Gasteiger partial charge in [-0.1, -0.05) is 46.2 Å². The molecule has 2 aromatic carbocycles. The summed E-state index contributed by atoms with van der Waals surface area (Å²) in [5.41, 5.74) is 1.17. The molecule has 1 unspecified atom stereocenters. The second-order valence-corrected chi connectivity index (χ2v) is 9.54. The lowest BCUT2D eigenvalue weighted by Gasteiger charge is -2.35. The zero-order valence-electron chi connectivity index (χ0n) is 19.3. The SMILES string of the molecule is CC.CC(C)C1Sc2cc(O)ccc2O[C@@H]1c1ccc(OCCN2CCCCC2)cc1. The van der Waals surface area contributed by atoms with Crippen LogP contribution in [-0.2, 0) is 0 Å². The number of ether oxygens (including phenoxy) is 2. The van der Waals surface area contributed by atoms with E-state index >= 15 is 0 Å². The van der Waals surface area contributed by atoms with Crippen LogP contribution in [0.4, 0.5) is 0 Å². The second-order valence-electron chi connectivity index (χ2n) is 8.32. The van der Waals surface area contributed by atoms with E-state index < -0.39 is 0 Å². The van der Waals surface area contributed by atoms with Crippen LogP contribution >= 0.6 is 11.8 Å². The molecule has 0 bridgehead atoms. The Balaban J connectivity index is 0.00000132. The van der Waals surface area contributed by atoms with E-state index in [9.17, 15) is 5.11 Å². The number of likely N-dealkylation sites (tertiary alicyclic amines) is 1. The van der Waals surface area contributed by atoms with Crippen LogP contribution in [0.25, 0.3) is 0 Å². The van der Waals surface area contributed by atoms with Gasteiger partial charge in [-0.15, -0.1) is 11.8 Å². The summed E-state index contributed by atoms with van der Waals surface area (Å²) in [6.45, 7) is 12.6. The molecule has 0 aromatic heterocycles. The van der Waals surface area contributed by atoms with E-state index in [2.05, 4.69) is 43.0 Å². The molecule has 1 fully saturated rings. The minimum atomic E-state index is -0.0144. The number of hydrogen-bond donors (Lipinski definition) is 1. The third kappa shape index (κ3) is 6.33. The summed E-state index contributed by atoms with van der Waals surface area (Å²) < 4.78 is 12.3. The Hall–Kier alpha value is -1.85. The van der Waals surface area contributed by atoms with Crippen molar-refractivity contribution in [2.45, 2.75) is 63.2 Å². The van der Waals surface area contributed by atoms with E-state index in [-0.39, 0.29) is 17.1 Å². The number of phenols is 1. The Morgan fingerprint density at radius 3 is 2.45 bits per heavy atom. The number of hydrogen-bond acceptors (Lipinski definition) is 5. The van der Waals surface area contributed by atoms with Crippen molar-refractivity contribution in [2.75, 3.05) is 26.2 Å². The fourth-order valence-electron chi connectivity index (χ4n) is 4.07. The van der Waals surface area contributed by atoms with E-state index in [4.69, 9.17) is 9.47 Å². The van der Waals surface area contributed by atoms with Crippen LogP contribution in [0.15, 0.2) is 47.4 Å². The Morgan fingerprint density at radius 1 is 1.06 bits per heavy atom. The lowest BCUT2D eigenvalue weighted by molar-refractivity contribution is 0.172. The molecule has 4 nitrogen and oxygen atoms in total. The number of fused-ring (bicyclic) bond motifs is 1. The predicted octanol–water partition coefficient (Wildman–Crippen LogP) is 6.53. The number of nitrogens with zero attached hydrogens (tertiary/aromatic N) is 1. The summed E-state index contributed by atoms with van der Waals surface area (Å²) in [5.74, 6) is 2.49. The van der Waals surface area contributed by atoms with Crippen molar-refractivity contribution < 1.29 is 14.6 Å². The number of aromatic hydroxyl groups is 1. The Morgan fingerprint density at radius 2 is 1.77 bits per heavy atom. The van der Waals surface area contributed by atoms with Crippen molar-refractivity contribution in [1.82, 2.24) is 4.90 Å². The van der Waals surface area contributed by atoms with Gasteiger partial charge in [0.25, 0.3) is 0 Å². The van der Waals surface area contributed by atoms with Crippen LogP contribution in [-0.4, -0.2) is 41.5 Å². The van der Waals surface area contributed by atoms with Crippen molar-refractivity contribution in [3.8, 4) is 17.2 Å². The van der Waals surface area contributed by atoms with Crippen LogP contribution in [0.1, 0.15) is 58.6 Å². The molecule has 0 radical (unpaired) electrons. The van der Waals surface area contributed by atoms with E-state index in [0.29, 0.717) is 5.92 Å². The van der Waals surface area contributed by atoms with Gasteiger partial charge in [-0.25, -0.2) is 0 Å². The minimum Gasteiger partial charge on any atom is -0.508 e. The van der Waals surface area contributed by atoms with Gasteiger partial charge in [-0.2, -0.15) is 0 Å². The second kappa shape index (κ2) is 11.7. The molecule has 1 N–H and O–H groups in total. The first kappa shape index (κ1) is 23.8. The van der Waals surface area contributed by atoms with E-state index in [1.807, 2.05) is 19.9 Å². The average molecular weight is 444 g/mol. The van der Waals surface area contributed by atoms with Crippen molar-refractivity contribution in [1.29, 1.82) is 0 Å². The quantitative estimate of drug-likeness (QED) is 0.549. The van der Waals surface area contributed by atoms with Gasteiger partial charge in [0.05, 0.1) is 10.1 Å². The molecule has 2 aliphatic heterocycles. The predicted molar refractivity (Wildman–Crippen MR) is 130 cm³/mol. The first-order valence-corrected chi connectivity index (χ1v) is 12.6. The number of thioether (sulfide) groups is 1. The van der Waals surface area contributed by atoms with Gasteiger partial charge in [0.2, 0.25) is 0 Å². The molecule has 2 heterocycles. The number of phenolic OH excluding ortho intramolecular Hbond substituents is 1. The van der Waals surface area contributed by atoms with Gasteiger partial charge in [-0.3, -0.25) is 4.90 Å². The normalized spacial score (nSPS) is 20.9. The number of rotatable bonds is 6. The monoisotopic (exact) mass is 443 g/mol. The molecule has 1 saturated heterocycles. The zero-order chi connectivity index (χ0) is 22.2. The molecule has 170 valence electrons. The highest BCUT2D eigenvalue weighted by Gasteiger charge is 2.34. The fraction of sp³-hybridized carbons (Fsp3) is 0.538. The van der Waals surface area contributed by atoms with Gasteiger partial charge >= 0.3 is 0 Å². The highest BCUT2D eigenvalue weighted by molar-refractivity contribution is 8.00. The summed E-state index contributed by atoms with van der Waals surface area (Å²) in [6.07, 6.45) is 3.98. The van der Waals surface area contributed by atoms with Crippen molar-refractivity contribution in [2.24, 2.45) is 5.92 Å². The molecule has 0 spiro atoms. The molecule has 2 atom stereocenters. The zero-order valence-corrected chi connectivity index (χ0v) is 20.2. The van der Waals surface area contributed by atoms with Crippen LogP contribution in [0.5, 0.6) is 17.2 Å². The third-order valence-electron chi connectivity index (χ3n) is 5.73. The lowest BCUT2D eigenvalue weighted by atomic mass is 9.98. The van der Waals surface area contributed by atoms with Gasteiger partial charge in [-0.05, 0) is 67.7 Å². The average Bonchev–Trinajstić information content (AvgIpc) is 2.80. The molecule has 0 saturated carbocycles. The van der Waals surface area contributed by atoms with E-state index in [0.717, 1.165) is 29.5 Å². The summed E-state index contributed by atoms with van der Waals surface area (Å²) >= 11 is 1.79. The third-order valence-corrected chi connectivity index (χ3v) is 7.37. The molecule has 4 rings (SSSR count). The molecule has 0 amide bonds. The maximum atomic E-state index is 9.79. The summed E-state index contributed by atoms with van der Waals surface area (Å²) in [5, 5.41) is 10.1. The van der Waals surface area contributed by atoms with Crippen LogP contribution in [0.2, 0.25) is 0 Å². The Kier molecular flexibility index (Phi) is 8.97. The van der Waals surface area contributed by atoms with Gasteiger partial charge in [0.1, 0.15) is 30.0 Å². The van der Waals surface area contributed by atoms with Gasteiger partial charge in [0, 0.05) is 6.54 Å². The highest BCUT2D eigenvalue weighted by Crippen LogP contribution is 2.48. The summed E-state index contributed by atoms with van der Waals surface area (Å²) in [6, 6.07) is 13.7. The Bertz CT molecular complexity index is 803. The van der Waals surface area contributed by atoms with E-state index in [1.54, 1.807) is 23.9 Å². The molecule has 2 aromatic rings. The van der Waals surface area contributed by atoms with Gasteiger partial charge < -0.3 is 14.6 Å². The smallest absolute Gasteiger partial charge is 0.136 e. The summed E-state index contributed by atoms with van der Waals surface area (Å²) in [7, 11) is 0. The van der Waals surface area contributed by atoms with Gasteiger partial charge in [0.15, 0.2) is 0 Å². The van der Waals surface area contributed by atoms with Crippen molar-refractivity contribution >= 4 is 11.8 Å². The van der Waals surface area contributed by atoms with E-state index in [1.165, 1.54) is 37.9 Å². The standard InChI is InChI=1S/C24H31NO3S.C2H6/c1-17(2)24-23(28-21-11-8-19(26)16-22(21)29-24)18-6-9-20(10-7-18)27-15-14-25-12-4-3-5-13-25;1-2/h6-11,16-17,23-24,26H,3-5,12-15H2,1-2H3;1-2H3/t23-,24?;/m1./s1. The molecule has 2 aliphatic rings. The molecule has 5 heteroatoms. The fourth-order valence-corrected chi connectivity index (χ4v) is 5.39. The molecule has 0 aliphatic carbocycles. The van der Waals surface area contributed by atoms with Crippen molar-refractivity contribution in [3.05, 3.63) is 48.0 Å². The first-order valence-electron chi connectivity index (χ1n) is 11.7. The number of piperidine rings is 1. The topological polar surface area (TPSA) is 41.9 Å². The number of benzene rings is 2.